The number of hydrogen-bond donors (Lipinski definition) is 0. The van der Waals surface area contributed by atoms with Crippen molar-refractivity contribution in [3.63, 3.8) is 0 Å². The van der Waals surface area contributed by atoms with Gasteiger partial charge in [-0.2, -0.15) is 0 Å². The molecule has 27 heavy (non-hydrogen) atoms. The molecule has 7 heteroatoms. The molecule has 0 radical (unpaired) electrons. The maximum absolute atomic E-state index is 15.6. The molecule has 0 N–H and O–H groups in total. The molecule has 0 spiro atoms. The normalized spacial score (nSPS) is 28.4. The summed E-state index contributed by atoms with van der Waals surface area (Å²) in [5, 5.41) is 12.8. The third kappa shape index (κ3) is 3.26. The number of carboxylic acids is 1. The summed E-state index contributed by atoms with van der Waals surface area (Å²) >= 11 is 0.913. The quantitative estimate of drug-likeness (QED) is 0.676. The minimum atomic E-state index is -2.74. The fourth-order valence-corrected chi connectivity index (χ4v) is 5.25. The lowest BCUT2D eigenvalue weighted by atomic mass is 9.62. The lowest BCUT2D eigenvalue weighted by Crippen LogP contribution is -2.50. The molecule has 1 aromatic heterocycles. The molecule has 1 heterocycles. The van der Waals surface area contributed by atoms with E-state index in [1.807, 2.05) is 0 Å². The number of carbonyl (C=O) groups is 1. The van der Waals surface area contributed by atoms with Gasteiger partial charge < -0.3 is 9.90 Å². The van der Waals surface area contributed by atoms with Gasteiger partial charge in [0, 0.05) is 16.0 Å². The van der Waals surface area contributed by atoms with Gasteiger partial charge in [0.25, 0.3) is 6.43 Å². The minimum Gasteiger partial charge on any atom is -0.545 e. The van der Waals surface area contributed by atoms with Crippen LogP contribution in [0.5, 0.6) is 0 Å². The third-order valence-electron chi connectivity index (χ3n) is 5.57. The van der Waals surface area contributed by atoms with E-state index in [0.29, 0.717) is 12.8 Å². The summed E-state index contributed by atoms with van der Waals surface area (Å²) in [4.78, 5) is 11.8. The zero-order chi connectivity index (χ0) is 19.8. The Morgan fingerprint density at radius 2 is 2.04 bits per heavy atom. The van der Waals surface area contributed by atoms with Crippen molar-refractivity contribution in [2.45, 2.75) is 50.4 Å². The average Bonchev–Trinajstić information content (AvgIpc) is 3.15. The van der Waals surface area contributed by atoms with Crippen LogP contribution < -0.4 is 5.11 Å². The summed E-state index contributed by atoms with van der Waals surface area (Å²) in [6.07, 6.45) is -5.67. The Kier molecular flexibility index (Phi) is 5.60. The fraction of sp³-hybridized carbons (Fsp3) is 0.450. The van der Waals surface area contributed by atoms with Crippen LogP contribution in [0, 0.1) is 5.92 Å². The lowest BCUT2D eigenvalue weighted by Gasteiger charge is -2.45. The number of thiophene rings is 1. The SMILES string of the molecule is CCC1CCC(c2cc(C(F)F)cs2)(c2ccccc2C(=O)[O-])C(F)C1F. The summed E-state index contributed by atoms with van der Waals surface area (Å²) in [5.41, 5.74) is -2.06. The summed E-state index contributed by atoms with van der Waals surface area (Å²) in [6.45, 7) is 1.77. The van der Waals surface area contributed by atoms with E-state index in [4.69, 9.17) is 0 Å². The molecule has 0 saturated heterocycles. The molecule has 146 valence electrons. The van der Waals surface area contributed by atoms with Crippen molar-refractivity contribution >= 4 is 17.3 Å². The predicted octanol–water partition coefficient (Wildman–Crippen LogP) is 4.83. The number of benzene rings is 1. The second-order valence-electron chi connectivity index (χ2n) is 6.90. The molecule has 3 rings (SSSR count). The van der Waals surface area contributed by atoms with E-state index in [0.717, 1.165) is 11.3 Å². The monoisotopic (exact) mass is 399 g/mol. The van der Waals surface area contributed by atoms with Crippen LogP contribution in [-0.4, -0.2) is 18.3 Å². The summed E-state index contributed by atoms with van der Waals surface area (Å²) in [6, 6.07) is 6.89. The Morgan fingerprint density at radius 3 is 2.63 bits per heavy atom. The maximum Gasteiger partial charge on any atom is 0.264 e. The number of aromatic carboxylic acids is 1. The van der Waals surface area contributed by atoms with Gasteiger partial charge in [-0.15, -0.1) is 11.3 Å². The van der Waals surface area contributed by atoms with Crippen LogP contribution in [0.15, 0.2) is 35.7 Å². The van der Waals surface area contributed by atoms with Crippen molar-refractivity contribution in [3.8, 4) is 0 Å². The molecule has 1 saturated carbocycles. The number of halogens is 4. The first-order valence-electron chi connectivity index (χ1n) is 8.79. The van der Waals surface area contributed by atoms with Gasteiger partial charge in [-0.3, -0.25) is 0 Å². The van der Waals surface area contributed by atoms with Gasteiger partial charge in [0.15, 0.2) is 0 Å². The number of carboxylic acid groups (broad SMARTS) is 1. The van der Waals surface area contributed by atoms with E-state index < -0.39 is 36.1 Å². The zero-order valence-electron chi connectivity index (χ0n) is 14.6. The number of carbonyl (C=O) groups excluding carboxylic acids is 1. The van der Waals surface area contributed by atoms with Crippen LogP contribution >= 0.6 is 11.3 Å². The molecule has 4 unspecified atom stereocenters. The fourth-order valence-electron chi connectivity index (χ4n) is 4.07. The van der Waals surface area contributed by atoms with Gasteiger partial charge >= 0.3 is 0 Å². The highest BCUT2D eigenvalue weighted by molar-refractivity contribution is 7.10. The lowest BCUT2D eigenvalue weighted by molar-refractivity contribution is -0.255. The van der Waals surface area contributed by atoms with Crippen molar-refractivity contribution in [2.24, 2.45) is 5.92 Å². The summed E-state index contributed by atoms with van der Waals surface area (Å²) in [7, 11) is 0. The van der Waals surface area contributed by atoms with Gasteiger partial charge in [0.1, 0.15) is 12.3 Å². The number of hydrogen-bond acceptors (Lipinski definition) is 3. The van der Waals surface area contributed by atoms with Crippen LogP contribution in [0.4, 0.5) is 17.6 Å². The highest BCUT2D eigenvalue weighted by atomic mass is 32.1. The molecule has 1 fully saturated rings. The van der Waals surface area contributed by atoms with Crippen LogP contribution in [0.25, 0.3) is 0 Å². The molecule has 0 amide bonds. The molecule has 0 bridgehead atoms. The van der Waals surface area contributed by atoms with Crippen molar-refractivity contribution < 1.29 is 27.5 Å². The molecule has 2 aromatic rings. The predicted molar refractivity (Wildman–Crippen MR) is 93.6 cm³/mol. The zero-order valence-corrected chi connectivity index (χ0v) is 15.4. The average molecular weight is 399 g/mol. The molecular formula is C20H19F4O2S-. The molecule has 2 nitrogen and oxygen atoms in total. The van der Waals surface area contributed by atoms with Crippen LogP contribution in [0.3, 0.4) is 0 Å². The van der Waals surface area contributed by atoms with E-state index in [1.54, 1.807) is 6.92 Å². The highest BCUT2D eigenvalue weighted by Crippen LogP contribution is 2.52. The van der Waals surface area contributed by atoms with Gasteiger partial charge in [0.2, 0.25) is 0 Å². The summed E-state index contributed by atoms with van der Waals surface area (Å²) < 4.78 is 56.7. The second kappa shape index (κ2) is 7.62. The molecule has 1 aliphatic rings. The van der Waals surface area contributed by atoms with Gasteiger partial charge in [0.05, 0.1) is 11.4 Å². The molecule has 1 aliphatic carbocycles. The Morgan fingerprint density at radius 1 is 1.33 bits per heavy atom. The van der Waals surface area contributed by atoms with E-state index in [2.05, 4.69) is 0 Å². The van der Waals surface area contributed by atoms with Crippen molar-refractivity contribution in [3.05, 3.63) is 57.3 Å². The standard InChI is InChI=1S/C20H20F4O2S/c1-2-11-7-8-20(17(22)16(11)21,15-9-12(10-27-15)18(23)24)14-6-4-3-5-13(14)19(25)26/h3-6,9-11,16-18H,2,7-8H2,1H3,(H,25,26)/p-1. The van der Waals surface area contributed by atoms with E-state index >= 15 is 4.39 Å². The maximum atomic E-state index is 15.6. The largest absolute Gasteiger partial charge is 0.545 e. The van der Waals surface area contributed by atoms with E-state index in [9.17, 15) is 23.1 Å². The molecule has 0 aliphatic heterocycles. The van der Waals surface area contributed by atoms with E-state index in [-0.39, 0.29) is 28.0 Å². The Balaban J connectivity index is 2.23. The number of alkyl halides is 4. The smallest absolute Gasteiger partial charge is 0.264 e. The highest BCUT2D eigenvalue weighted by Gasteiger charge is 2.53. The Bertz CT molecular complexity index is 822. The van der Waals surface area contributed by atoms with Crippen LogP contribution in [0.2, 0.25) is 0 Å². The van der Waals surface area contributed by atoms with Crippen molar-refractivity contribution in [1.29, 1.82) is 0 Å². The van der Waals surface area contributed by atoms with Crippen molar-refractivity contribution in [1.82, 2.24) is 0 Å². The molecule has 4 atom stereocenters. The van der Waals surface area contributed by atoms with Gasteiger partial charge in [-0.05, 0) is 35.8 Å². The van der Waals surface area contributed by atoms with Crippen molar-refractivity contribution in [2.75, 3.05) is 0 Å². The Hall–Kier alpha value is -1.89. The molecule has 1 aromatic carbocycles. The number of rotatable bonds is 5. The van der Waals surface area contributed by atoms with Crippen LogP contribution in [0.1, 0.15) is 59.0 Å². The Labute approximate surface area is 158 Å². The third-order valence-corrected chi connectivity index (χ3v) is 6.70. The second-order valence-corrected chi connectivity index (χ2v) is 7.81. The van der Waals surface area contributed by atoms with Crippen LogP contribution in [-0.2, 0) is 5.41 Å². The first-order chi connectivity index (χ1) is 12.8. The van der Waals surface area contributed by atoms with Gasteiger partial charge in [-0.25, -0.2) is 17.6 Å². The van der Waals surface area contributed by atoms with E-state index in [1.165, 1.54) is 35.7 Å². The summed E-state index contributed by atoms with van der Waals surface area (Å²) in [5.74, 6) is -1.99. The first-order valence-corrected chi connectivity index (χ1v) is 9.67. The molecular weight excluding hydrogens is 380 g/mol. The first kappa shape index (κ1) is 19.9. The topological polar surface area (TPSA) is 40.1 Å². The minimum absolute atomic E-state index is 0.0809. The van der Waals surface area contributed by atoms with Gasteiger partial charge in [-0.1, -0.05) is 37.6 Å².